The molecule has 1 N–H and O–H groups in total. The van der Waals surface area contributed by atoms with Crippen LogP contribution >= 0.6 is 0 Å². The second-order valence-corrected chi connectivity index (χ2v) is 7.21. The van der Waals surface area contributed by atoms with Crippen molar-refractivity contribution in [3.05, 3.63) is 66.5 Å². The van der Waals surface area contributed by atoms with Gasteiger partial charge in [-0.15, -0.1) is 6.58 Å². The van der Waals surface area contributed by atoms with Crippen molar-refractivity contribution < 1.29 is 19.0 Å². The molecule has 1 fully saturated rings. The van der Waals surface area contributed by atoms with Crippen molar-refractivity contribution in [2.75, 3.05) is 51.3 Å². The first-order chi connectivity index (χ1) is 14.1. The Labute approximate surface area is 172 Å². The van der Waals surface area contributed by atoms with Gasteiger partial charge in [0, 0.05) is 38.4 Å². The molecule has 0 amide bonds. The number of aliphatic hydroxyl groups is 1. The fourth-order valence-electron chi connectivity index (χ4n) is 3.50. The molecule has 29 heavy (non-hydrogen) atoms. The fourth-order valence-corrected chi connectivity index (χ4v) is 3.50. The number of anilines is 1. The van der Waals surface area contributed by atoms with E-state index in [1.807, 2.05) is 24.3 Å². The van der Waals surface area contributed by atoms with Crippen LogP contribution in [0.5, 0.6) is 11.5 Å². The zero-order valence-corrected chi connectivity index (χ0v) is 16.9. The lowest BCUT2D eigenvalue weighted by Gasteiger charge is -2.36. The van der Waals surface area contributed by atoms with Gasteiger partial charge in [0.25, 0.3) is 0 Å². The van der Waals surface area contributed by atoms with Gasteiger partial charge in [-0.1, -0.05) is 12.1 Å². The molecular weight excluding hydrogens is 371 g/mol. The monoisotopic (exact) mass is 400 g/mol. The molecule has 6 heteroatoms. The lowest BCUT2D eigenvalue weighted by atomic mass is 10.1. The third kappa shape index (κ3) is 5.95. The Bertz CT molecular complexity index is 789. The standard InChI is InChI=1S/C23H29FN2O3/c1-3-4-18-5-10-22(23(15-18)28-2)29-17-21(27)16-25-11-13-26(14-12-25)20-8-6-19(24)7-9-20/h3,5-10,15,21,27H,1,4,11-14,16-17H2,2H3/t21-/m1/s1. The van der Waals surface area contributed by atoms with Crippen molar-refractivity contribution in [2.45, 2.75) is 12.5 Å². The van der Waals surface area contributed by atoms with Gasteiger partial charge in [0.1, 0.15) is 18.5 Å². The number of methoxy groups -OCH3 is 1. The van der Waals surface area contributed by atoms with E-state index in [1.165, 1.54) is 12.1 Å². The Morgan fingerprint density at radius 1 is 1.10 bits per heavy atom. The highest BCUT2D eigenvalue weighted by Crippen LogP contribution is 2.28. The van der Waals surface area contributed by atoms with Gasteiger partial charge in [0.2, 0.25) is 0 Å². The van der Waals surface area contributed by atoms with E-state index in [2.05, 4.69) is 16.4 Å². The number of piperazine rings is 1. The molecule has 3 rings (SSSR count). The summed E-state index contributed by atoms with van der Waals surface area (Å²) in [6.45, 7) is 7.87. The maximum absolute atomic E-state index is 13.1. The molecule has 1 saturated heterocycles. The molecule has 2 aromatic carbocycles. The third-order valence-corrected chi connectivity index (χ3v) is 5.07. The van der Waals surface area contributed by atoms with E-state index in [4.69, 9.17) is 9.47 Å². The normalized spacial score (nSPS) is 15.8. The van der Waals surface area contributed by atoms with Crippen LogP contribution in [0.25, 0.3) is 0 Å². The summed E-state index contributed by atoms with van der Waals surface area (Å²) in [6.07, 6.45) is 2.02. The lowest BCUT2D eigenvalue weighted by molar-refractivity contribution is 0.0653. The summed E-state index contributed by atoms with van der Waals surface area (Å²) in [5.74, 6) is 1.06. The molecule has 1 aliphatic heterocycles. The first-order valence-electron chi connectivity index (χ1n) is 9.90. The zero-order valence-electron chi connectivity index (χ0n) is 16.9. The van der Waals surface area contributed by atoms with E-state index in [-0.39, 0.29) is 12.4 Å². The molecule has 0 radical (unpaired) electrons. The van der Waals surface area contributed by atoms with Gasteiger partial charge in [-0.2, -0.15) is 0 Å². The number of aliphatic hydroxyl groups excluding tert-OH is 1. The minimum atomic E-state index is -0.593. The second-order valence-electron chi connectivity index (χ2n) is 7.21. The second kappa shape index (κ2) is 10.3. The van der Waals surface area contributed by atoms with Crippen LogP contribution in [0.1, 0.15) is 5.56 Å². The van der Waals surface area contributed by atoms with Crippen LogP contribution in [0.4, 0.5) is 10.1 Å². The summed E-state index contributed by atoms with van der Waals surface area (Å²) in [5, 5.41) is 10.4. The maximum Gasteiger partial charge on any atom is 0.161 e. The number of halogens is 1. The van der Waals surface area contributed by atoms with Crippen LogP contribution in [0.2, 0.25) is 0 Å². The molecule has 0 aliphatic carbocycles. The fraction of sp³-hybridized carbons (Fsp3) is 0.391. The van der Waals surface area contributed by atoms with Gasteiger partial charge in [0.05, 0.1) is 7.11 Å². The molecule has 156 valence electrons. The third-order valence-electron chi connectivity index (χ3n) is 5.07. The van der Waals surface area contributed by atoms with E-state index in [0.29, 0.717) is 18.0 Å². The number of ether oxygens (including phenoxy) is 2. The molecule has 1 aliphatic rings. The van der Waals surface area contributed by atoms with Gasteiger partial charge in [-0.25, -0.2) is 4.39 Å². The topological polar surface area (TPSA) is 45.2 Å². The van der Waals surface area contributed by atoms with Crippen LogP contribution in [-0.2, 0) is 6.42 Å². The molecule has 2 aromatic rings. The number of β-amino-alcohol motifs (C(OH)–C–C–N with tert-alkyl or cyclic N) is 1. The van der Waals surface area contributed by atoms with Crippen LogP contribution in [0.3, 0.4) is 0 Å². The average Bonchev–Trinajstić information content (AvgIpc) is 2.74. The van der Waals surface area contributed by atoms with Gasteiger partial charge in [-0.05, 0) is 48.4 Å². The molecule has 1 atom stereocenters. The van der Waals surface area contributed by atoms with Crippen molar-refractivity contribution in [1.29, 1.82) is 0 Å². The number of hydrogen-bond donors (Lipinski definition) is 1. The Hall–Kier alpha value is -2.57. The van der Waals surface area contributed by atoms with Crippen molar-refractivity contribution in [3.63, 3.8) is 0 Å². The first-order valence-corrected chi connectivity index (χ1v) is 9.90. The first kappa shape index (κ1) is 21.1. The van der Waals surface area contributed by atoms with Gasteiger partial charge >= 0.3 is 0 Å². The minimum Gasteiger partial charge on any atom is -0.493 e. The van der Waals surface area contributed by atoms with Crippen molar-refractivity contribution in [3.8, 4) is 11.5 Å². The summed E-state index contributed by atoms with van der Waals surface area (Å²) in [6, 6.07) is 12.4. The van der Waals surface area contributed by atoms with Crippen molar-refractivity contribution in [1.82, 2.24) is 4.90 Å². The highest BCUT2D eigenvalue weighted by atomic mass is 19.1. The van der Waals surface area contributed by atoms with Crippen LogP contribution < -0.4 is 14.4 Å². The smallest absolute Gasteiger partial charge is 0.161 e. The summed E-state index contributed by atoms with van der Waals surface area (Å²) in [4.78, 5) is 4.45. The molecule has 0 aromatic heterocycles. The summed E-state index contributed by atoms with van der Waals surface area (Å²) >= 11 is 0. The molecule has 0 bridgehead atoms. The summed E-state index contributed by atoms with van der Waals surface area (Å²) < 4.78 is 24.3. The largest absolute Gasteiger partial charge is 0.493 e. The molecule has 1 heterocycles. The number of benzene rings is 2. The lowest BCUT2D eigenvalue weighted by Crippen LogP contribution is -2.49. The van der Waals surface area contributed by atoms with Crippen molar-refractivity contribution in [2.24, 2.45) is 0 Å². The van der Waals surface area contributed by atoms with Gasteiger partial charge < -0.3 is 19.5 Å². The Morgan fingerprint density at radius 2 is 1.83 bits per heavy atom. The van der Waals surface area contributed by atoms with Crippen LogP contribution in [-0.4, -0.2) is 62.6 Å². The molecule has 5 nitrogen and oxygen atoms in total. The predicted octanol–water partition coefficient (Wildman–Crippen LogP) is 3.12. The number of hydrogen-bond acceptors (Lipinski definition) is 5. The summed E-state index contributed by atoms with van der Waals surface area (Å²) in [7, 11) is 1.61. The Balaban J connectivity index is 1.45. The van der Waals surface area contributed by atoms with Crippen LogP contribution in [0, 0.1) is 5.82 Å². The summed E-state index contributed by atoms with van der Waals surface area (Å²) in [5.41, 5.74) is 2.13. The Morgan fingerprint density at radius 3 is 2.48 bits per heavy atom. The van der Waals surface area contributed by atoms with Crippen molar-refractivity contribution >= 4 is 5.69 Å². The number of rotatable bonds is 9. The van der Waals surface area contributed by atoms with Crippen LogP contribution in [0.15, 0.2) is 55.1 Å². The molecule has 0 unspecified atom stereocenters. The molecule has 0 spiro atoms. The SMILES string of the molecule is C=CCc1ccc(OC[C@H](O)CN2CCN(c3ccc(F)cc3)CC2)c(OC)c1. The van der Waals surface area contributed by atoms with E-state index < -0.39 is 6.10 Å². The highest BCUT2D eigenvalue weighted by molar-refractivity contribution is 5.46. The van der Waals surface area contributed by atoms with E-state index in [1.54, 1.807) is 19.2 Å². The zero-order chi connectivity index (χ0) is 20.6. The quantitative estimate of drug-likeness (QED) is 0.656. The molecule has 0 saturated carbocycles. The number of nitrogens with zero attached hydrogens (tertiary/aromatic N) is 2. The van der Waals surface area contributed by atoms with E-state index in [9.17, 15) is 9.50 Å². The van der Waals surface area contributed by atoms with Gasteiger partial charge in [0.15, 0.2) is 11.5 Å². The maximum atomic E-state index is 13.1. The highest BCUT2D eigenvalue weighted by Gasteiger charge is 2.20. The average molecular weight is 400 g/mol. The molecular formula is C23H29FN2O3. The number of allylic oxidation sites excluding steroid dienone is 1. The van der Waals surface area contributed by atoms with Gasteiger partial charge in [-0.3, -0.25) is 4.90 Å². The van der Waals surface area contributed by atoms with E-state index in [0.717, 1.165) is 43.9 Å². The van der Waals surface area contributed by atoms with E-state index >= 15 is 0 Å². The Kier molecular flexibility index (Phi) is 7.49. The minimum absolute atomic E-state index is 0.204. The predicted molar refractivity (Wildman–Crippen MR) is 113 cm³/mol.